The van der Waals surface area contributed by atoms with Gasteiger partial charge in [0.15, 0.2) is 5.78 Å². The van der Waals surface area contributed by atoms with Crippen LogP contribution in [-0.4, -0.2) is 12.4 Å². The Kier molecular flexibility index (Phi) is 4.00. The van der Waals surface area contributed by atoms with E-state index in [0.717, 1.165) is 12.0 Å². The predicted octanol–water partition coefficient (Wildman–Crippen LogP) is 4.60. The standard InChI is InChI=1S/C16H11BrClFO2/c17-13-3-1-2-12(15(13)19)14(20)8-10-7-11(18)6-9-4-5-21-16(9)10/h1-3,6-7H,4-5,8H2. The fourth-order valence-electron chi connectivity index (χ4n) is 2.46. The lowest BCUT2D eigenvalue weighted by atomic mass is 9.99. The van der Waals surface area contributed by atoms with Gasteiger partial charge in [-0.2, -0.15) is 0 Å². The van der Waals surface area contributed by atoms with Crippen LogP contribution >= 0.6 is 27.5 Å². The third-order valence-corrected chi connectivity index (χ3v) is 4.26. The fraction of sp³-hybridized carbons (Fsp3) is 0.188. The van der Waals surface area contributed by atoms with Crippen LogP contribution in [0.15, 0.2) is 34.8 Å². The van der Waals surface area contributed by atoms with Crippen molar-refractivity contribution in [1.29, 1.82) is 0 Å². The Morgan fingerprint density at radius 1 is 1.38 bits per heavy atom. The molecule has 0 atom stereocenters. The van der Waals surface area contributed by atoms with E-state index in [0.29, 0.717) is 22.9 Å². The molecule has 2 aromatic carbocycles. The number of benzene rings is 2. The highest BCUT2D eigenvalue weighted by Crippen LogP contribution is 2.34. The maximum Gasteiger partial charge on any atom is 0.170 e. The summed E-state index contributed by atoms with van der Waals surface area (Å²) in [4.78, 5) is 12.3. The molecule has 0 bridgehead atoms. The Labute approximate surface area is 135 Å². The van der Waals surface area contributed by atoms with Gasteiger partial charge in [0, 0.05) is 23.4 Å². The first-order chi connectivity index (χ1) is 10.1. The van der Waals surface area contributed by atoms with Crippen LogP contribution in [0.2, 0.25) is 5.02 Å². The number of hydrogen-bond donors (Lipinski definition) is 0. The van der Waals surface area contributed by atoms with E-state index in [-0.39, 0.29) is 22.2 Å². The molecule has 3 rings (SSSR count). The van der Waals surface area contributed by atoms with E-state index in [1.165, 1.54) is 6.07 Å². The van der Waals surface area contributed by atoms with Crippen molar-refractivity contribution in [3.05, 3.63) is 62.3 Å². The molecule has 0 aromatic heterocycles. The summed E-state index contributed by atoms with van der Waals surface area (Å²) in [6.07, 6.45) is 0.846. The number of halogens is 3. The molecule has 108 valence electrons. The molecular weight excluding hydrogens is 359 g/mol. The van der Waals surface area contributed by atoms with Crippen molar-refractivity contribution in [2.45, 2.75) is 12.8 Å². The minimum absolute atomic E-state index is 0.0657. The summed E-state index contributed by atoms with van der Waals surface area (Å²) in [6.45, 7) is 0.585. The third kappa shape index (κ3) is 2.83. The summed E-state index contributed by atoms with van der Waals surface area (Å²) in [7, 11) is 0. The maximum absolute atomic E-state index is 14.0. The highest BCUT2D eigenvalue weighted by atomic mass is 79.9. The quantitative estimate of drug-likeness (QED) is 0.739. The van der Waals surface area contributed by atoms with Crippen LogP contribution in [0.4, 0.5) is 4.39 Å². The Morgan fingerprint density at radius 2 is 2.19 bits per heavy atom. The first kappa shape index (κ1) is 14.5. The van der Waals surface area contributed by atoms with Crippen LogP contribution in [-0.2, 0) is 12.8 Å². The van der Waals surface area contributed by atoms with Gasteiger partial charge in [0.1, 0.15) is 11.6 Å². The van der Waals surface area contributed by atoms with Crippen molar-refractivity contribution >= 4 is 33.3 Å². The number of fused-ring (bicyclic) bond motifs is 1. The van der Waals surface area contributed by atoms with Crippen LogP contribution in [0.5, 0.6) is 5.75 Å². The van der Waals surface area contributed by atoms with Crippen LogP contribution in [0.3, 0.4) is 0 Å². The zero-order valence-electron chi connectivity index (χ0n) is 11.0. The Morgan fingerprint density at radius 3 is 3.00 bits per heavy atom. The molecular formula is C16H11BrClFO2. The zero-order valence-corrected chi connectivity index (χ0v) is 13.3. The lowest BCUT2D eigenvalue weighted by Crippen LogP contribution is -2.07. The normalized spacial score (nSPS) is 12.9. The van der Waals surface area contributed by atoms with Crippen molar-refractivity contribution in [3.63, 3.8) is 0 Å². The molecule has 1 heterocycles. The molecule has 0 fully saturated rings. The van der Waals surface area contributed by atoms with E-state index < -0.39 is 5.82 Å². The number of Topliss-reactive ketones (excluding diaryl/α,β-unsaturated/α-hetero) is 1. The molecule has 21 heavy (non-hydrogen) atoms. The summed E-state index contributed by atoms with van der Waals surface area (Å²) in [6, 6.07) is 8.23. The van der Waals surface area contributed by atoms with Gasteiger partial charge in [-0.15, -0.1) is 0 Å². The molecule has 0 spiro atoms. The van der Waals surface area contributed by atoms with Crippen LogP contribution in [0.25, 0.3) is 0 Å². The number of carbonyl (C=O) groups is 1. The van der Waals surface area contributed by atoms with E-state index in [1.807, 2.05) is 6.07 Å². The van der Waals surface area contributed by atoms with Gasteiger partial charge in [0.25, 0.3) is 0 Å². The van der Waals surface area contributed by atoms with Crippen molar-refractivity contribution in [2.24, 2.45) is 0 Å². The molecule has 1 aliphatic rings. The number of ketones is 1. The minimum Gasteiger partial charge on any atom is -0.493 e. The summed E-state index contributed by atoms with van der Waals surface area (Å²) in [5.74, 6) is -0.126. The smallest absolute Gasteiger partial charge is 0.170 e. The van der Waals surface area contributed by atoms with Gasteiger partial charge in [-0.1, -0.05) is 17.7 Å². The molecule has 0 saturated carbocycles. The number of ether oxygens (including phenoxy) is 1. The fourth-order valence-corrected chi connectivity index (χ4v) is 3.09. The summed E-state index contributed by atoms with van der Waals surface area (Å²) in [5.41, 5.74) is 1.77. The SMILES string of the molecule is O=C(Cc1cc(Cl)cc2c1OCC2)c1cccc(Br)c1F. The summed E-state index contributed by atoms with van der Waals surface area (Å²) < 4.78 is 19.8. The number of hydrogen-bond acceptors (Lipinski definition) is 2. The molecule has 0 amide bonds. The second-order valence-corrected chi connectivity index (χ2v) is 6.14. The van der Waals surface area contributed by atoms with Crippen molar-refractivity contribution < 1.29 is 13.9 Å². The van der Waals surface area contributed by atoms with Gasteiger partial charge in [-0.05, 0) is 45.8 Å². The molecule has 0 radical (unpaired) electrons. The first-order valence-corrected chi connectivity index (χ1v) is 7.64. The van der Waals surface area contributed by atoms with E-state index in [4.69, 9.17) is 16.3 Å². The largest absolute Gasteiger partial charge is 0.493 e. The van der Waals surface area contributed by atoms with Crippen molar-refractivity contribution in [3.8, 4) is 5.75 Å². The average Bonchev–Trinajstić information content (AvgIpc) is 2.90. The second-order valence-electron chi connectivity index (χ2n) is 4.85. The van der Waals surface area contributed by atoms with Crippen LogP contribution < -0.4 is 4.74 Å². The van der Waals surface area contributed by atoms with Crippen LogP contribution in [0.1, 0.15) is 21.5 Å². The molecule has 5 heteroatoms. The predicted molar refractivity (Wildman–Crippen MR) is 82.8 cm³/mol. The lowest BCUT2D eigenvalue weighted by Gasteiger charge is -2.09. The minimum atomic E-state index is -0.540. The molecule has 2 aromatic rings. The second kappa shape index (κ2) is 5.78. The lowest BCUT2D eigenvalue weighted by molar-refractivity contribution is 0.0988. The Bertz CT molecular complexity index is 730. The van der Waals surface area contributed by atoms with Gasteiger partial charge in [0.05, 0.1) is 16.6 Å². The molecule has 0 unspecified atom stereocenters. The van der Waals surface area contributed by atoms with Gasteiger partial charge in [-0.25, -0.2) is 4.39 Å². The van der Waals surface area contributed by atoms with E-state index >= 15 is 0 Å². The van der Waals surface area contributed by atoms with Gasteiger partial charge in [-0.3, -0.25) is 4.79 Å². The molecule has 1 aliphatic heterocycles. The number of carbonyl (C=O) groups excluding carboxylic acids is 1. The Hall–Kier alpha value is -1.39. The van der Waals surface area contributed by atoms with Crippen molar-refractivity contribution in [1.82, 2.24) is 0 Å². The topological polar surface area (TPSA) is 26.3 Å². The highest BCUT2D eigenvalue weighted by molar-refractivity contribution is 9.10. The first-order valence-electron chi connectivity index (χ1n) is 6.47. The Balaban J connectivity index is 1.94. The van der Waals surface area contributed by atoms with E-state index in [1.54, 1.807) is 18.2 Å². The number of rotatable bonds is 3. The van der Waals surface area contributed by atoms with Crippen molar-refractivity contribution in [2.75, 3.05) is 6.61 Å². The summed E-state index contributed by atoms with van der Waals surface area (Å²) in [5, 5.41) is 0.566. The van der Waals surface area contributed by atoms with E-state index in [9.17, 15) is 9.18 Å². The molecule has 0 N–H and O–H groups in total. The van der Waals surface area contributed by atoms with E-state index in [2.05, 4.69) is 15.9 Å². The van der Waals surface area contributed by atoms with Gasteiger partial charge < -0.3 is 4.74 Å². The van der Waals surface area contributed by atoms with Crippen LogP contribution in [0, 0.1) is 5.82 Å². The molecule has 2 nitrogen and oxygen atoms in total. The summed E-state index contributed by atoms with van der Waals surface area (Å²) >= 11 is 9.15. The zero-order chi connectivity index (χ0) is 15.0. The highest BCUT2D eigenvalue weighted by Gasteiger charge is 2.21. The monoisotopic (exact) mass is 368 g/mol. The third-order valence-electron chi connectivity index (χ3n) is 3.43. The molecule has 0 aliphatic carbocycles. The maximum atomic E-state index is 14.0. The van der Waals surface area contributed by atoms with Gasteiger partial charge in [0.2, 0.25) is 0 Å². The van der Waals surface area contributed by atoms with Gasteiger partial charge >= 0.3 is 0 Å². The molecule has 0 saturated heterocycles. The average molecular weight is 370 g/mol.